The number of hydrogen-bond acceptors (Lipinski definition) is 4. The summed E-state index contributed by atoms with van der Waals surface area (Å²) in [6.07, 6.45) is 7.50. The molecule has 1 amide bonds. The summed E-state index contributed by atoms with van der Waals surface area (Å²) < 4.78 is 5.37. The Balaban J connectivity index is 1.74. The zero-order chi connectivity index (χ0) is 17.9. The zero-order valence-electron chi connectivity index (χ0n) is 14.4. The fourth-order valence-electron chi connectivity index (χ4n) is 3.66. The first kappa shape index (κ1) is 16.5. The fraction of sp³-hybridized carbons (Fsp3) is 0.286. The van der Waals surface area contributed by atoms with Crippen molar-refractivity contribution in [3.8, 4) is 0 Å². The Labute approximate surface area is 151 Å². The van der Waals surface area contributed by atoms with E-state index in [0.717, 1.165) is 36.6 Å². The van der Waals surface area contributed by atoms with Crippen LogP contribution in [0.3, 0.4) is 0 Å². The van der Waals surface area contributed by atoms with Gasteiger partial charge in [-0.15, -0.1) is 0 Å². The summed E-state index contributed by atoms with van der Waals surface area (Å²) in [5, 5.41) is 1.22. The maximum atomic E-state index is 13.2. The number of aromatic nitrogens is 1. The van der Waals surface area contributed by atoms with Crippen LogP contribution in [0.2, 0.25) is 0 Å². The quantitative estimate of drug-likeness (QED) is 0.703. The van der Waals surface area contributed by atoms with Gasteiger partial charge in [0, 0.05) is 18.9 Å². The lowest BCUT2D eigenvalue weighted by Gasteiger charge is -2.30. The van der Waals surface area contributed by atoms with E-state index >= 15 is 0 Å². The number of hydrogen-bond donors (Lipinski definition) is 0. The minimum absolute atomic E-state index is 0.0234. The third-order valence-corrected chi connectivity index (χ3v) is 4.99. The lowest BCUT2D eigenvalue weighted by molar-refractivity contribution is 0.0643. The SMILES string of the molecule is O=C(c1cc2ccccc2c(=O)o1)N1CCCCC[C@H]1c1ccncc1. The first-order valence-corrected chi connectivity index (χ1v) is 8.98. The number of carbonyl (C=O) groups is 1. The molecule has 1 aliphatic heterocycles. The monoisotopic (exact) mass is 348 g/mol. The van der Waals surface area contributed by atoms with Gasteiger partial charge in [-0.25, -0.2) is 4.79 Å². The second-order valence-electron chi connectivity index (χ2n) is 6.63. The Hall–Kier alpha value is -2.95. The smallest absolute Gasteiger partial charge is 0.344 e. The highest BCUT2D eigenvalue weighted by atomic mass is 16.4. The van der Waals surface area contributed by atoms with Crippen molar-refractivity contribution in [1.29, 1.82) is 0 Å². The molecule has 5 nitrogen and oxygen atoms in total. The maximum absolute atomic E-state index is 13.2. The molecule has 4 rings (SSSR count). The van der Waals surface area contributed by atoms with E-state index in [4.69, 9.17) is 4.42 Å². The van der Waals surface area contributed by atoms with E-state index in [1.165, 1.54) is 0 Å². The Morgan fingerprint density at radius 2 is 1.88 bits per heavy atom. The van der Waals surface area contributed by atoms with Gasteiger partial charge in [-0.3, -0.25) is 9.78 Å². The normalized spacial score (nSPS) is 17.8. The van der Waals surface area contributed by atoms with Crippen molar-refractivity contribution in [2.75, 3.05) is 6.54 Å². The van der Waals surface area contributed by atoms with Crippen molar-refractivity contribution in [2.45, 2.75) is 31.7 Å². The number of benzene rings is 1. The van der Waals surface area contributed by atoms with Crippen LogP contribution in [-0.4, -0.2) is 22.3 Å². The average molecular weight is 348 g/mol. The third-order valence-electron chi connectivity index (χ3n) is 4.99. The Morgan fingerprint density at radius 3 is 2.73 bits per heavy atom. The van der Waals surface area contributed by atoms with E-state index < -0.39 is 5.63 Å². The number of fused-ring (bicyclic) bond motifs is 1. The molecule has 0 N–H and O–H groups in total. The molecule has 0 bridgehead atoms. The van der Waals surface area contributed by atoms with Gasteiger partial charge >= 0.3 is 5.63 Å². The molecule has 3 heterocycles. The summed E-state index contributed by atoms with van der Waals surface area (Å²) in [6.45, 7) is 0.655. The minimum Gasteiger partial charge on any atom is -0.417 e. The summed E-state index contributed by atoms with van der Waals surface area (Å²) in [4.78, 5) is 31.4. The molecule has 1 atom stereocenters. The number of nitrogens with zero attached hydrogens (tertiary/aromatic N) is 2. The van der Waals surface area contributed by atoms with Crippen LogP contribution in [0.25, 0.3) is 10.8 Å². The molecule has 0 saturated carbocycles. The number of likely N-dealkylation sites (tertiary alicyclic amines) is 1. The first-order chi connectivity index (χ1) is 12.7. The second-order valence-corrected chi connectivity index (χ2v) is 6.63. The Morgan fingerprint density at radius 1 is 1.08 bits per heavy atom. The largest absolute Gasteiger partial charge is 0.417 e. The van der Waals surface area contributed by atoms with Crippen molar-refractivity contribution in [3.05, 3.63) is 76.6 Å². The lowest BCUT2D eigenvalue weighted by Crippen LogP contribution is -2.35. The zero-order valence-corrected chi connectivity index (χ0v) is 14.4. The van der Waals surface area contributed by atoms with Gasteiger partial charge in [-0.2, -0.15) is 0 Å². The van der Waals surface area contributed by atoms with Crippen LogP contribution < -0.4 is 5.63 Å². The summed E-state index contributed by atoms with van der Waals surface area (Å²) >= 11 is 0. The highest BCUT2D eigenvalue weighted by Gasteiger charge is 2.29. The Bertz CT molecular complexity index is 981. The third kappa shape index (κ3) is 3.12. The molecule has 1 saturated heterocycles. The van der Waals surface area contributed by atoms with Crippen LogP contribution in [0.15, 0.2) is 64.1 Å². The molecular formula is C21H20N2O3. The van der Waals surface area contributed by atoms with Gasteiger partial charge in [0.05, 0.1) is 11.4 Å². The van der Waals surface area contributed by atoms with E-state index in [2.05, 4.69) is 4.98 Å². The number of rotatable bonds is 2. The average Bonchev–Trinajstić information content (AvgIpc) is 2.94. The van der Waals surface area contributed by atoms with Gasteiger partial charge in [0.15, 0.2) is 5.76 Å². The lowest BCUT2D eigenvalue weighted by atomic mass is 10.0. The summed E-state index contributed by atoms with van der Waals surface area (Å²) in [7, 11) is 0. The van der Waals surface area contributed by atoms with Gasteiger partial charge in [0.2, 0.25) is 0 Å². The summed E-state index contributed by atoms with van der Waals surface area (Å²) in [5.74, 6) is -0.119. The van der Waals surface area contributed by atoms with Crippen LogP contribution in [0.1, 0.15) is 47.8 Å². The molecular weight excluding hydrogens is 328 g/mol. The molecule has 132 valence electrons. The highest BCUT2D eigenvalue weighted by Crippen LogP contribution is 2.31. The molecule has 1 aliphatic rings. The molecule has 0 aliphatic carbocycles. The van der Waals surface area contributed by atoms with E-state index in [1.54, 1.807) is 30.6 Å². The number of amides is 1. The second kappa shape index (κ2) is 7.12. The number of pyridine rings is 1. The molecule has 1 aromatic carbocycles. The molecule has 1 fully saturated rings. The van der Waals surface area contributed by atoms with Gasteiger partial charge in [0.1, 0.15) is 0 Å². The van der Waals surface area contributed by atoms with Crippen LogP contribution in [0.4, 0.5) is 0 Å². The van der Waals surface area contributed by atoms with Crippen molar-refractivity contribution in [3.63, 3.8) is 0 Å². The molecule has 0 radical (unpaired) electrons. The Kier molecular flexibility index (Phi) is 4.52. The fourth-order valence-corrected chi connectivity index (χ4v) is 3.66. The van der Waals surface area contributed by atoms with Crippen LogP contribution in [0.5, 0.6) is 0 Å². The van der Waals surface area contributed by atoms with Gasteiger partial charge in [-0.05, 0) is 48.1 Å². The first-order valence-electron chi connectivity index (χ1n) is 8.98. The van der Waals surface area contributed by atoms with E-state index in [-0.39, 0.29) is 17.7 Å². The van der Waals surface area contributed by atoms with Gasteiger partial charge in [0.25, 0.3) is 5.91 Å². The minimum atomic E-state index is -0.471. The molecule has 26 heavy (non-hydrogen) atoms. The van der Waals surface area contributed by atoms with Crippen LogP contribution in [-0.2, 0) is 0 Å². The van der Waals surface area contributed by atoms with Crippen molar-refractivity contribution in [2.24, 2.45) is 0 Å². The molecule has 5 heteroatoms. The van der Waals surface area contributed by atoms with E-state index in [0.29, 0.717) is 11.9 Å². The van der Waals surface area contributed by atoms with Crippen LogP contribution in [0, 0.1) is 0 Å². The van der Waals surface area contributed by atoms with Crippen molar-refractivity contribution in [1.82, 2.24) is 9.88 Å². The standard InChI is InChI=1S/C21H20N2O3/c24-20(19-14-16-6-3-4-7-17(16)21(25)26-19)23-13-5-1-2-8-18(23)15-9-11-22-12-10-15/h3-4,6-7,9-12,14,18H,1-2,5,8,13H2/t18-/m0/s1. The van der Waals surface area contributed by atoms with E-state index in [1.807, 2.05) is 29.2 Å². The molecule has 0 spiro atoms. The summed E-state index contributed by atoms with van der Waals surface area (Å²) in [6, 6.07) is 12.7. The molecule has 2 aromatic heterocycles. The molecule has 3 aromatic rings. The highest BCUT2D eigenvalue weighted by molar-refractivity contribution is 5.95. The van der Waals surface area contributed by atoms with Crippen molar-refractivity contribution >= 4 is 16.7 Å². The predicted molar refractivity (Wildman–Crippen MR) is 99.0 cm³/mol. The topological polar surface area (TPSA) is 63.4 Å². The molecule has 0 unspecified atom stereocenters. The predicted octanol–water partition coefficient (Wildman–Crippen LogP) is 3.95. The maximum Gasteiger partial charge on any atom is 0.344 e. The van der Waals surface area contributed by atoms with Gasteiger partial charge < -0.3 is 9.32 Å². The number of carbonyl (C=O) groups excluding carboxylic acids is 1. The summed E-state index contributed by atoms with van der Waals surface area (Å²) in [5.41, 5.74) is 0.597. The van der Waals surface area contributed by atoms with Crippen LogP contribution >= 0.6 is 0 Å². The van der Waals surface area contributed by atoms with Gasteiger partial charge in [-0.1, -0.05) is 31.0 Å². The van der Waals surface area contributed by atoms with E-state index in [9.17, 15) is 9.59 Å². The van der Waals surface area contributed by atoms with Crippen molar-refractivity contribution < 1.29 is 9.21 Å².